The van der Waals surface area contributed by atoms with E-state index < -0.39 is 0 Å². The number of nitrogens with zero attached hydrogens (tertiary/aromatic N) is 3. The zero-order valence-corrected chi connectivity index (χ0v) is 12.8. The van der Waals surface area contributed by atoms with Gasteiger partial charge >= 0.3 is 0 Å². The van der Waals surface area contributed by atoms with Crippen molar-refractivity contribution in [3.05, 3.63) is 0 Å². The van der Waals surface area contributed by atoms with Gasteiger partial charge < -0.3 is 4.90 Å². The molecule has 0 unspecified atom stereocenters. The molecule has 1 aliphatic carbocycles. The van der Waals surface area contributed by atoms with E-state index in [4.69, 9.17) is 0 Å². The Morgan fingerprint density at radius 2 is 1.84 bits per heavy atom. The van der Waals surface area contributed by atoms with Crippen LogP contribution in [0.2, 0.25) is 0 Å². The minimum absolute atomic E-state index is 0.222. The summed E-state index contributed by atoms with van der Waals surface area (Å²) >= 11 is 0. The smallest absolute Gasteiger partial charge is 0.219 e. The molecule has 0 N–H and O–H groups in total. The highest BCUT2D eigenvalue weighted by Gasteiger charge is 2.30. The Labute approximate surface area is 117 Å². The largest absolute Gasteiger partial charge is 0.340 e. The lowest BCUT2D eigenvalue weighted by Gasteiger charge is -2.35. The highest BCUT2D eigenvalue weighted by molar-refractivity contribution is 5.73. The van der Waals surface area contributed by atoms with E-state index in [-0.39, 0.29) is 5.91 Å². The van der Waals surface area contributed by atoms with E-state index in [1.807, 2.05) is 4.90 Å². The molecule has 1 saturated heterocycles. The van der Waals surface area contributed by atoms with Crippen molar-refractivity contribution in [3.63, 3.8) is 0 Å². The van der Waals surface area contributed by atoms with Crippen LogP contribution in [0, 0.1) is 0 Å². The number of hydrogen-bond acceptors (Lipinski definition) is 3. The highest BCUT2D eigenvalue weighted by atomic mass is 16.2. The summed E-state index contributed by atoms with van der Waals surface area (Å²) in [5.74, 6) is 0.222. The normalized spacial score (nSPS) is 21.4. The first-order valence-electron chi connectivity index (χ1n) is 7.81. The molecule has 0 bridgehead atoms. The van der Waals surface area contributed by atoms with Crippen molar-refractivity contribution in [2.75, 3.05) is 39.3 Å². The van der Waals surface area contributed by atoms with Crippen molar-refractivity contribution in [3.8, 4) is 0 Å². The fourth-order valence-electron chi connectivity index (χ4n) is 3.03. The van der Waals surface area contributed by atoms with Crippen LogP contribution < -0.4 is 0 Å². The monoisotopic (exact) mass is 267 g/mol. The summed E-state index contributed by atoms with van der Waals surface area (Å²) in [7, 11) is 0. The van der Waals surface area contributed by atoms with Crippen molar-refractivity contribution >= 4 is 5.91 Å². The number of rotatable bonds is 6. The van der Waals surface area contributed by atoms with Gasteiger partial charge in [-0.2, -0.15) is 0 Å². The first-order valence-corrected chi connectivity index (χ1v) is 7.81. The fourth-order valence-corrected chi connectivity index (χ4v) is 3.03. The molecular formula is C15H29N3O. The lowest BCUT2D eigenvalue weighted by atomic mass is 10.2. The summed E-state index contributed by atoms with van der Waals surface area (Å²) < 4.78 is 0. The summed E-state index contributed by atoms with van der Waals surface area (Å²) in [6, 6.07) is 1.55. The number of carbonyl (C=O) groups excluding carboxylic acids is 1. The van der Waals surface area contributed by atoms with Gasteiger partial charge in [0.25, 0.3) is 0 Å². The van der Waals surface area contributed by atoms with Crippen LogP contribution in [0.3, 0.4) is 0 Å². The Bertz CT molecular complexity index is 292. The van der Waals surface area contributed by atoms with Gasteiger partial charge in [0.2, 0.25) is 5.91 Å². The van der Waals surface area contributed by atoms with Crippen LogP contribution in [0.25, 0.3) is 0 Å². The molecule has 0 aromatic heterocycles. The third kappa shape index (κ3) is 4.46. The highest BCUT2D eigenvalue weighted by Crippen LogP contribution is 2.28. The molecule has 1 heterocycles. The molecule has 2 aliphatic rings. The summed E-state index contributed by atoms with van der Waals surface area (Å²) in [6.45, 7) is 12.6. The summed E-state index contributed by atoms with van der Waals surface area (Å²) in [5.41, 5.74) is 0. The zero-order chi connectivity index (χ0) is 13.8. The molecule has 4 nitrogen and oxygen atoms in total. The third-order valence-electron chi connectivity index (χ3n) is 4.39. The molecule has 1 saturated carbocycles. The molecule has 2 rings (SSSR count). The van der Waals surface area contributed by atoms with Gasteiger partial charge in [0, 0.05) is 45.2 Å². The molecule has 0 aromatic rings. The Hall–Kier alpha value is -0.610. The first-order chi connectivity index (χ1) is 9.08. The molecule has 0 aromatic carbocycles. The van der Waals surface area contributed by atoms with Gasteiger partial charge in [0.1, 0.15) is 0 Å². The molecular weight excluding hydrogens is 238 g/mol. The van der Waals surface area contributed by atoms with Crippen molar-refractivity contribution in [2.24, 2.45) is 0 Å². The van der Waals surface area contributed by atoms with Crippen LogP contribution in [0.1, 0.15) is 40.0 Å². The molecule has 0 atom stereocenters. The van der Waals surface area contributed by atoms with Crippen molar-refractivity contribution < 1.29 is 4.79 Å². The maximum atomic E-state index is 11.3. The number of hydrogen-bond donors (Lipinski definition) is 0. The second-order valence-corrected chi connectivity index (χ2v) is 6.26. The van der Waals surface area contributed by atoms with Gasteiger partial charge in [0.05, 0.1) is 0 Å². The average Bonchev–Trinajstić information content (AvgIpc) is 3.19. The fraction of sp³-hybridized carbons (Fsp3) is 0.933. The van der Waals surface area contributed by atoms with Gasteiger partial charge in [0.15, 0.2) is 0 Å². The van der Waals surface area contributed by atoms with E-state index in [2.05, 4.69) is 23.6 Å². The molecule has 2 fully saturated rings. The minimum Gasteiger partial charge on any atom is -0.340 e. The molecule has 0 radical (unpaired) electrons. The second kappa shape index (κ2) is 6.71. The first kappa shape index (κ1) is 14.8. The maximum Gasteiger partial charge on any atom is 0.219 e. The predicted octanol–water partition coefficient (Wildman–Crippen LogP) is 1.41. The Morgan fingerprint density at radius 1 is 1.21 bits per heavy atom. The predicted molar refractivity (Wildman–Crippen MR) is 78.2 cm³/mol. The quantitative estimate of drug-likeness (QED) is 0.728. The number of amides is 1. The van der Waals surface area contributed by atoms with Gasteiger partial charge in [-0.1, -0.05) is 0 Å². The standard InChI is InChI=1S/C15H29N3O/c1-13(2)18(15-5-6-15)8-4-7-16-9-11-17(12-10-16)14(3)19/h13,15H,4-12H2,1-3H3. The van der Waals surface area contributed by atoms with E-state index >= 15 is 0 Å². The average molecular weight is 267 g/mol. The summed E-state index contributed by atoms with van der Waals surface area (Å²) in [6.07, 6.45) is 4.06. The maximum absolute atomic E-state index is 11.3. The van der Waals surface area contributed by atoms with Gasteiger partial charge in [-0.3, -0.25) is 14.6 Å². The Kier molecular flexibility index (Phi) is 5.22. The Balaban J connectivity index is 1.62. The molecule has 1 aliphatic heterocycles. The molecule has 1 amide bonds. The molecule has 0 spiro atoms. The molecule has 4 heteroatoms. The van der Waals surface area contributed by atoms with Gasteiger partial charge in [-0.05, 0) is 46.2 Å². The lowest BCUT2D eigenvalue weighted by Crippen LogP contribution is -2.48. The molecule has 110 valence electrons. The van der Waals surface area contributed by atoms with Crippen LogP contribution in [-0.4, -0.2) is 72.0 Å². The van der Waals surface area contributed by atoms with Gasteiger partial charge in [-0.15, -0.1) is 0 Å². The van der Waals surface area contributed by atoms with E-state index in [1.165, 1.54) is 32.4 Å². The lowest BCUT2D eigenvalue weighted by molar-refractivity contribution is -0.130. The minimum atomic E-state index is 0.222. The van der Waals surface area contributed by atoms with Crippen molar-refractivity contribution in [1.29, 1.82) is 0 Å². The van der Waals surface area contributed by atoms with Crippen molar-refractivity contribution in [1.82, 2.24) is 14.7 Å². The SMILES string of the molecule is CC(=O)N1CCN(CCCN(C(C)C)C2CC2)CC1. The zero-order valence-electron chi connectivity index (χ0n) is 12.8. The van der Waals surface area contributed by atoms with E-state index in [0.29, 0.717) is 6.04 Å². The second-order valence-electron chi connectivity index (χ2n) is 6.26. The number of piperazine rings is 1. The van der Waals surface area contributed by atoms with E-state index in [0.717, 1.165) is 32.2 Å². The van der Waals surface area contributed by atoms with E-state index in [9.17, 15) is 4.79 Å². The third-order valence-corrected chi connectivity index (χ3v) is 4.39. The van der Waals surface area contributed by atoms with Crippen LogP contribution >= 0.6 is 0 Å². The van der Waals surface area contributed by atoms with Gasteiger partial charge in [-0.25, -0.2) is 0 Å². The number of carbonyl (C=O) groups is 1. The van der Waals surface area contributed by atoms with Crippen LogP contribution in [0.15, 0.2) is 0 Å². The molecule has 19 heavy (non-hydrogen) atoms. The van der Waals surface area contributed by atoms with Crippen LogP contribution in [0.5, 0.6) is 0 Å². The van der Waals surface area contributed by atoms with Crippen molar-refractivity contribution in [2.45, 2.75) is 52.1 Å². The van der Waals surface area contributed by atoms with E-state index in [1.54, 1.807) is 6.92 Å². The van der Waals surface area contributed by atoms with Crippen LogP contribution in [0.4, 0.5) is 0 Å². The summed E-state index contributed by atoms with van der Waals surface area (Å²) in [4.78, 5) is 18.4. The summed E-state index contributed by atoms with van der Waals surface area (Å²) in [5, 5.41) is 0. The van der Waals surface area contributed by atoms with Crippen LogP contribution in [-0.2, 0) is 4.79 Å². The topological polar surface area (TPSA) is 26.8 Å². The Morgan fingerprint density at radius 3 is 2.32 bits per heavy atom.